The van der Waals surface area contributed by atoms with E-state index in [2.05, 4.69) is 10.6 Å². The summed E-state index contributed by atoms with van der Waals surface area (Å²) < 4.78 is 0. The highest BCUT2D eigenvalue weighted by Gasteiger charge is 2.26. The summed E-state index contributed by atoms with van der Waals surface area (Å²) in [5.74, 6) is 0.141. The molecule has 0 saturated heterocycles. The smallest absolute Gasteiger partial charge is 0.312 e. The molecule has 1 rings (SSSR count). The lowest BCUT2D eigenvalue weighted by Crippen LogP contribution is -2.52. The van der Waals surface area contributed by atoms with Crippen LogP contribution in [0.5, 0.6) is 0 Å². The molecular formula is C11H22N4O2. The van der Waals surface area contributed by atoms with Crippen molar-refractivity contribution in [3.63, 3.8) is 0 Å². The minimum atomic E-state index is -0.688. The fourth-order valence-electron chi connectivity index (χ4n) is 2.27. The average Bonchev–Trinajstić information content (AvgIpc) is 2.28. The van der Waals surface area contributed by atoms with Crippen LogP contribution in [0.4, 0.5) is 4.79 Å². The summed E-state index contributed by atoms with van der Waals surface area (Å²) in [5.41, 5.74) is 10.7. The van der Waals surface area contributed by atoms with Gasteiger partial charge in [0.1, 0.15) is 6.04 Å². The lowest BCUT2D eigenvalue weighted by molar-refractivity contribution is -0.123. The van der Waals surface area contributed by atoms with E-state index in [0.717, 1.165) is 19.3 Å². The van der Waals surface area contributed by atoms with Crippen LogP contribution in [0.2, 0.25) is 0 Å². The van der Waals surface area contributed by atoms with Crippen molar-refractivity contribution in [1.29, 1.82) is 0 Å². The molecule has 6 N–H and O–H groups in total. The molecule has 3 unspecified atom stereocenters. The number of rotatable bonds is 4. The Morgan fingerprint density at radius 2 is 2.00 bits per heavy atom. The van der Waals surface area contributed by atoms with Crippen LogP contribution in [0.15, 0.2) is 0 Å². The number of hydrogen-bond donors (Lipinski definition) is 4. The van der Waals surface area contributed by atoms with Crippen LogP contribution >= 0.6 is 0 Å². The van der Waals surface area contributed by atoms with E-state index in [1.165, 1.54) is 6.42 Å². The summed E-state index contributed by atoms with van der Waals surface area (Å²) in [4.78, 5) is 22.4. The number of primary amides is 1. The molecule has 1 saturated carbocycles. The first-order valence-corrected chi connectivity index (χ1v) is 6.11. The topological polar surface area (TPSA) is 110 Å². The molecule has 98 valence electrons. The van der Waals surface area contributed by atoms with Gasteiger partial charge in [0.15, 0.2) is 0 Å². The van der Waals surface area contributed by atoms with Crippen molar-refractivity contribution in [1.82, 2.24) is 10.6 Å². The number of hydrogen-bond acceptors (Lipinski definition) is 3. The minimum absolute atomic E-state index is 0.123. The van der Waals surface area contributed by atoms with Crippen molar-refractivity contribution in [3.05, 3.63) is 0 Å². The van der Waals surface area contributed by atoms with E-state index in [0.29, 0.717) is 12.5 Å². The molecule has 3 atom stereocenters. The van der Waals surface area contributed by atoms with Gasteiger partial charge in [-0.2, -0.15) is 0 Å². The van der Waals surface area contributed by atoms with Gasteiger partial charge < -0.3 is 22.1 Å². The first-order valence-electron chi connectivity index (χ1n) is 6.11. The molecule has 3 amide bonds. The van der Waals surface area contributed by atoms with Crippen molar-refractivity contribution in [2.45, 2.75) is 44.7 Å². The van der Waals surface area contributed by atoms with Crippen LogP contribution in [-0.4, -0.2) is 30.6 Å². The van der Waals surface area contributed by atoms with Gasteiger partial charge in [-0.25, -0.2) is 4.79 Å². The maximum Gasteiger partial charge on any atom is 0.312 e. The summed E-state index contributed by atoms with van der Waals surface area (Å²) in [7, 11) is 0. The van der Waals surface area contributed by atoms with Crippen LogP contribution in [-0.2, 0) is 4.79 Å². The Morgan fingerprint density at radius 1 is 1.35 bits per heavy atom. The van der Waals surface area contributed by atoms with E-state index in [-0.39, 0.29) is 11.9 Å². The van der Waals surface area contributed by atoms with E-state index < -0.39 is 12.1 Å². The molecule has 0 spiro atoms. The highest BCUT2D eigenvalue weighted by Crippen LogP contribution is 2.23. The van der Waals surface area contributed by atoms with Crippen LogP contribution < -0.4 is 22.1 Å². The molecule has 0 aromatic rings. The third-order valence-electron chi connectivity index (χ3n) is 3.29. The molecule has 1 fully saturated rings. The van der Waals surface area contributed by atoms with Crippen LogP contribution in [0.1, 0.15) is 32.6 Å². The van der Waals surface area contributed by atoms with Gasteiger partial charge in [0.2, 0.25) is 5.91 Å². The standard InChI is InChI=1S/C11H22N4O2/c1-7(14-11(13)17)10(16)15-9-5-3-2-4-8(9)6-12/h7-9H,2-6,12H2,1H3,(H,15,16)(H3,13,14,17). The zero-order valence-electron chi connectivity index (χ0n) is 10.2. The normalized spacial score (nSPS) is 26.0. The first-order chi connectivity index (χ1) is 8.04. The number of carbonyl (C=O) groups excluding carboxylic acids is 2. The van der Waals surface area contributed by atoms with Crippen LogP contribution in [0.3, 0.4) is 0 Å². The Balaban J connectivity index is 2.45. The number of urea groups is 1. The third kappa shape index (κ3) is 4.22. The Morgan fingerprint density at radius 3 is 2.59 bits per heavy atom. The van der Waals surface area contributed by atoms with Gasteiger partial charge in [0.05, 0.1) is 0 Å². The molecule has 0 aromatic carbocycles. The molecule has 0 bridgehead atoms. The summed E-state index contributed by atoms with van der Waals surface area (Å²) in [6, 6.07) is -1.17. The van der Waals surface area contributed by atoms with Crippen molar-refractivity contribution in [3.8, 4) is 0 Å². The maximum absolute atomic E-state index is 11.8. The Labute approximate surface area is 101 Å². The molecular weight excluding hydrogens is 220 g/mol. The monoisotopic (exact) mass is 242 g/mol. The van der Waals surface area contributed by atoms with Crippen molar-refractivity contribution in [2.75, 3.05) is 6.54 Å². The number of amides is 3. The molecule has 6 heteroatoms. The van der Waals surface area contributed by atoms with Crippen molar-refractivity contribution in [2.24, 2.45) is 17.4 Å². The van der Waals surface area contributed by atoms with E-state index in [4.69, 9.17) is 11.5 Å². The zero-order chi connectivity index (χ0) is 12.8. The molecule has 0 aliphatic heterocycles. The van der Waals surface area contributed by atoms with Gasteiger partial charge in [-0.05, 0) is 32.2 Å². The van der Waals surface area contributed by atoms with E-state index >= 15 is 0 Å². The van der Waals surface area contributed by atoms with Crippen LogP contribution in [0.25, 0.3) is 0 Å². The largest absolute Gasteiger partial charge is 0.352 e. The molecule has 6 nitrogen and oxygen atoms in total. The number of nitrogens with two attached hydrogens (primary N) is 2. The summed E-state index contributed by atoms with van der Waals surface area (Å²) in [6.07, 6.45) is 4.29. The average molecular weight is 242 g/mol. The summed E-state index contributed by atoms with van der Waals surface area (Å²) in [6.45, 7) is 2.20. The predicted molar refractivity (Wildman–Crippen MR) is 65.1 cm³/mol. The third-order valence-corrected chi connectivity index (χ3v) is 3.29. The fourth-order valence-corrected chi connectivity index (χ4v) is 2.27. The number of carbonyl (C=O) groups is 2. The lowest BCUT2D eigenvalue weighted by Gasteiger charge is -2.32. The zero-order valence-corrected chi connectivity index (χ0v) is 10.2. The Kier molecular flexibility index (Phi) is 5.21. The van der Waals surface area contributed by atoms with Gasteiger partial charge in [0.25, 0.3) is 0 Å². The number of nitrogens with one attached hydrogen (secondary N) is 2. The van der Waals surface area contributed by atoms with E-state index in [1.54, 1.807) is 6.92 Å². The molecule has 0 radical (unpaired) electrons. The Bertz CT molecular complexity index is 283. The van der Waals surface area contributed by atoms with Gasteiger partial charge in [-0.3, -0.25) is 4.79 Å². The van der Waals surface area contributed by atoms with E-state index in [1.807, 2.05) is 0 Å². The molecule has 0 heterocycles. The van der Waals surface area contributed by atoms with E-state index in [9.17, 15) is 9.59 Å². The summed E-state index contributed by atoms with van der Waals surface area (Å²) in [5, 5.41) is 5.30. The quantitative estimate of drug-likeness (QED) is 0.542. The second-order valence-electron chi connectivity index (χ2n) is 4.63. The fraction of sp³-hybridized carbons (Fsp3) is 0.818. The lowest BCUT2D eigenvalue weighted by atomic mass is 9.84. The maximum atomic E-state index is 11.8. The first kappa shape index (κ1) is 13.8. The molecule has 0 aromatic heterocycles. The minimum Gasteiger partial charge on any atom is -0.352 e. The summed E-state index contributed by atoms with van der Waals surface area (Å²) >= 11 is 0. The van der Waals surface area contributed by atoms with Gasteiger partial charge in [-0.1, -0.05) is 12.8 Å². The SMILES string of the molecule is CC(NC(N)=O)C(=O)NC1CCCCC1CN. The molecule has 1 aliphatic rings. The van der Waals surface area contributed by atoms with Crippen molar-refractivity contribution < 1.29 is 9.59 Å². The highest BCUT2D eigenvalue weighted by molar-refractivity contribution is 5.86. The van der Waals surface area contributed by atoms with Crippen molar-refractivity contribution >= 4 is 11.9 Å². The second-order valence-corrected chi connectivity index (χ2v) is 4.63. The molecule has 17 heavy (non-hydrogen) atoms. The molecule has 1 aliphatic carbocycles. The Hall–Kier alpha value is -1.30. The van der Waals surface area contributed by atoms with Gasteiger partial charge in [0, 0.05) is 6.04 Å². The predicted octanol–water partition coefficient (Wildman–Crippen LogP) is -0.323. The van der Waals surface area contributed by atoms with Gasteiger partial charge >= 0.3 is 6.03 Å². The van der Waals surface area contributed by atoms with Crippen LogP contribution in [0, 0.1) is 5.92 Å². The highest BCUT2D eigenvalue weighted by atomic mass is 16.2. The second kappa shape index (κ2) is 6.44. The van der Waals surface area contributed by atoms with Gasteiger partial charge in [-0.15, -0.1) is 0 Å².